The average Bonchev–Trinajstić information content (AvgIpc) is 3.36. The van der Waals surface area contributed by atoms with Crippen molar-refractivity contribution in [3.63, 3.8) is 0 Å². The van der Waals surface area contributed by atoms with Gasteiger partial charge in [-0.05, 0) is 0 Å². The van der Waals surface area contributed by atoms with E-state index in [0.29, 0.717) is 17.1 Å². The van der Waals surface area contributed by atoms with Gasteiger partial charge in [0.2, 0.25) is 11.6 Å². The van der Waals surface area contributed by atoms with Gasteiger partial charge in [-0.3, -0.25) is 9.59 Å². The smallest absolute Gasteiger partial charge is 0.344 e. The highest BCUT2D eigenvalue weighted by molar-refractivity contribution is 6.22. The van der Waals surface area contributed by atoms with Crippen LogP contribution in [-0.2, 0) is 9.59 Å². The Morgan fingerprint density at radius 3 is 1.79 bits per heavy atom. The molecule has 0 unspecified atom stereocenters. The summed E-state index contributed by atoms with van der Waals surface area (Å²) < 4.78 is 0. The molecule has 0 aromatic carbocycles. The van der Waals surface area contributed by atoms with E-state index >= 15 is 0 Å². The number of nitrogens with one attached hydrogen (secondary N) is 1. The van der Waals surface area contributed by atoms with Crippen molar-refractivity contribution in [1.29, 1.82) is 0 Å². The Kier molecular flexibility index (Phi) is 4.32. The Morgan fingerprint density at radius 1 is 0.917 bits per heavy atom. The van der Waals surface area contributed by atoms with E-state index in [9.17, 15) is 9.59 Å². The van der Waals surface area contributed by atoms with Gasteiger partial charge in [0.1, 0.15) is 11.4 Å². The molecule has 132 valence electrons. The van der Waals surface area contributed by atoms with Gasteiger partial charge in [-0.2, -0.15) is 0 Å². The van der Waals surface area contributed by atoms with Crippen molar-refractivity contribution in [3.8, 4) is 0 Å². The predicted octanol–water partition coefficient (Wildman–Crippen LogP) is -3.71. The zero-order chi connectivity index (χ0) is 17.5. The van der Waals surface area contributed by atoms with Crippen LogP contribution in [0.5, 0.6) is 0 Å². The normalized spacial score (nSPS) is 22.3. The molecule has 10 heteroatoms. The van der Waals surface area contributed by atoms with Gasteiger partial charge in [0.15, 0.2) is 0 Å². The lowest BCUT2D eigenvalue weighted by molar-refractivity contribution is -0.335. The largest absolute Gasteiger partial charge is 0.381 e. The molecule has 0 radical (unpaired) electrons. The second-order valence-electron chi connectivity index (χ2n) is 5.85. The molecule has 3 fully saturated rings. The first-order valence-electron chi connectivity index (χ1n) is 7.64. The molecule has 5 N–H and O–H groups in total. The quantitative estimate of drug-likeness (QED) is 0.193. The molecular formula is C14H20N4O6. The molecule has 0 amide bonds. The third-order valence-electron chi connectivity index (χ3n) is 3.80. The maximum Gasteiger partial charge on any atom is 0.344 e. The van der Waals surface area contributed by atoms with E-state index in [1.165, 1.54) is 11.4 Å². The molecule has 10 nitrogen and oxygen atoms in total. The van der Waals surface area contributed by atoms with Crippen molar-refractivity contribution in [2.75, 3.05) is 46.0 Å². The minimum Gasteiger partial charge on any atom is -0.381 e. The highest BCUT2D eigenvalue weighted by Crippen LogP contribution is 2.33. The van der Waals surface area contributed by atoms with Crippen LogP contribution >= 0.6 is 0 Å². The number of aliphatic hydroxyl groups is 4. The molecule has 24 heavy (non-hydrogen) atoms. The van der Waals surface area contributed by atoms with Crippen molar-refractivity contribution in [2.24, 2.45) is 0 Å². The van der Waals surface area contributed by atoms with Gasteiger partial charge in [0.05, 0.1) is 12.4 Å². The molecule has 4 rings (SSSR count). The second-order valence-corrected chi connectivity index (χ2v) is 5.85. The van der Waals surface area contributed by atoms with Crippen LogP contribution in [0.25, 0.3) is 0 Å². The van der Waals surface area contributed by atoms with E-state index in [4.69, 9.17) is 20.4 Å². The number of ketones is 2. The lowest BCUT2D eigenvalue weighted by Gasteiger charge is -2.21. The third-order valence-corrected chi connectivity index (χ3v) is 3.80. The topological polar surface area (TPSA) is 136 Å². The molecule has 0 saturated carbocycles. The number of carbonyl (C=O) groups is 2. The van der Waals surface area contributed by atoms with Crippen LogP contribution in [0, 0.1) is 0 Å². The number of aliphatic hydroxyl groups excluding tert-OH is 1. The summed E-state index contributed by atoms with van der Waals surface area (Å²) in [5.41, 5.74) is 1.89. The summed E-state index contributed by atoms with van der Waals surface area (Å²) >= 11 is 0. The highest BCUT2D eigenvalue weighted by Gasteiger charge is 2.43. The zero-order valence-corrected chi connectivity index (χ0v) is 13.0. The molecule has 3 heterocycles. The first kappa shape index (κ1) is 16.9. The van der Waals surface area contributed by atoms with Gasteiger partial charge in [0.25, 0.3) is 0 Å². The molecular weight excluding hydrogens is 320 g/mol. The number of carbonyl (C=O) groups excluding carboxylic acids is 2. The van der Waals surface area contributed by atoms with E-state index in [2.05, 4.69) is 0 Å². The Bertz CT molecular complexity index is 611. The Hall–Kier alpha value is -1.98. The fourth-order valence-corrected chi connectivity index (χ4v) is 2.38. The van der Waals surface area contributed by atoms with Gasteiger partial charge in [0, 0.05) is 45.3 Å². The van der Waals surface area contributed by atoms with Crippen molar-refractivity contribution in [2.45, 2.75) is 6.10 Å². The number of hydrogen-bond acceptors (Lipinski definition) is 10. The lowest BCUT2D eigenvalue weighted by atomic mass is 10.0. The zero-order valence-electron chi connectivity index (χ0n) is 13.0. The van der Waals surface area contributed by atoms with E-state index < -0.39 is 12.8 Å². The summed E-state index contributed by atoms with van der Waals surface area (Å²) in [5.74, 6) is 0.0485. The Morgan fingerprint density at radius 2 is 1.42 bits per heavy atom. The van der Waals surface area contributed by atoms with Gasteiger partial charge in [-0.15, -0.1) is 0 Å². The predicted molar refractivity (Wildman–Crippen MR) is 79.5 cm³/mol. The number of hydrogen-bond donors (Lipinski definition) is 5. The van der Waals surface area contributed by atoms with Crippen LogP contribution in [0.4, 0.5) is 0 Å². The van der Waals surface area contributed by atoms with E-state index in [1.54, 1.807) is 0 Å². The lowest BCUT2D eigenvalue weighted by Crippen LogP contribution is -2.45. The van der Waals surface area contributed by atoms with Crippen LogP contribution in [0.15, 0.2) is 23.2 Å². The van der Waals surface area contributed by atoms with Crippen molar-refractivity contribution in [1.82, 2.24) is 20.0 Å². The molecule has 3 aliphatic heterocycles. The fourth-order valence-electron chi connectivity index (χ4n) is 2.38. The molecule has 0 atom stereocenters. The minimum atomic E-state index is -2.95. The van der Waals surface area contributed by atoms with E-state index in [0.717, 1.165) is 39.3 Å². The standard InChI is InChI=1S/C12H13N3O2.C2H7NO4/c16-9-7-8(13-1-2-13)12(17)11(15-5-6-15)10(9)14-3-4-14;4-1-3-2(5,6)7/h7H,1-6H2;3-7H,1H2. The van der Waals surface area contributed by atoms with Gasteiger partial charge in [-0.25, -0.2) is 5.32 Å². The summed E-state index contributed by atoms with van der Waals surface area (Å²) in [6.07, 6.45) is -1.43. The number of Topliss-reactive ketones (excluding diaryl/α,β-unsaturated/α-hetero) is 1. The highest BCUT2D eigenvalue weighted by atomic mass is 16.7. The Balaban J connectivity index is 0.000000209. The molecule has 3 saturated heterocycles. The maximum atomic E-state index is 12.4. The number of rotatable bonds is 5. The molecule has 0 aromatic heterocycles. The van der Waals surface area contributed by atoms with E-state index in [-0.39, 0.29) is 11.6 Å². The van der Waals surface area contributed by atoms with Gasteiger partial charge in [-0.1, -0.05) is 0 Å². The number of allylic oxidation sites excluding steroid dienone is 1. The first-order chi connectivity index (χ1) is 11.3. The summed E-state index contributed by atoms with van der Waals surface area (Å²) in [7, 11) is 0. The first-order valence-corrected chi connectivity index (χ1v) is 7.64. The third kappa shape index (κ3) is 3.91. The summed E-state index contributed by atoms with van der Waals surface area (Å²) in [6, 6.07) is 0. The number of nitrogens with zero attached hydrogens (tertiary/aromatic N) is 3. The Labute approximate surface area is 137 Å². The average molecular weight is 340 g/mol. The molecule has 1 aliphatic carbocycles. The van der Waals surface area contributed by atoms with E-state index in [1.807, 2.05) is 14.7 Å². The van der Waals surface area contributed by atoms with Crippen LogP contribution in [0.1, 0.15) is 0 Å². The summed E-state index contributed by atoms with van der Waals surface area (Å²) in [5, 5.41) is 32.9. The molecule has 0 bridgehead atoms. The minimum absolute atomic E-state index is 0.00546. The van der Waals surface area contributed by atoms with Gasteiger partial charge < -0.3 is 35.1 Å². The monoisotopic (exact) mass is 340 g/mol. The second kappa shape index (κ2) is 6.15. The van der Waals surface area contributed by atoms with Crippen molar-refractivity contribution < 1.29 is 30.0 Å². The summed E-state index contributed by atoms with van der Waals surface area (Å²) in [4.78, 5) is 30.5. The summed E-state index contributed by atoms with van der Waals surface area (Å²) in [6.45, 7) is 4.72. The van der Waals surface area contributed by atoms with Crippen LogP contribution in [0.2, 0.25) is 0 Å². The van der Waals surface area contributed by atoms with Crippen molar-refractivity contribution >= 4 is 11.6 Å². The molecule has 4 aliphatic rings. The SMILES string of the molecule is O=C1C=C(N2CC2)C(=O)C(N2CC2)=C1N1CC1.OCNC(O)(O)O. The van der Waals surface area contributed by atoms with Crippen molar-refractivity contribution in [3.05, 3.63) is 23.2 Å². The maximum absolute atomic E-state index is 12.4. The molecule has 0 aromatic rings. The molecule has 0 spiro atoms. The fraction of sp³-hybridized carbons (Fsp3) is 0.571. The van der Waals surface area contributed by atoms with Crippen LogP contribution in [0.3, 0.4) is 0 Å². The van der Waals surface area contributed by atoms with Gasteiger partial charge >= 0.3 is 6.10 Å². The van der Waals surface area contributed by atoms with Crippen LogP contribution < -0.4 is 5.32 Å². The van der Waals surface area contributed by atoms with Crippen LogP contribution in [-0.4, -0.2) is 98.8 Å².